The zero-order valence-electron chi connectivity index (χ0n) is 16.1. The molecule has 27 heavy (non-hydrogen) atoms. The third kappa shape index (κ3) is 5.30. The van der Waals surface area contributed by atoms with Crippen molar-refractivity contribution >= 4 is 17.8 Å². The summed E-state index contributed by atoms with van der Waals surface area (Å²) in [6.07, 6.45) is 4.36. The zero-order chi connectivity index (χ0) is 19.7. The second-order valence-corrected chi connectivity index (χ2v) is 6.16. The summed E-state index contributed by atoms with van der Waals surface area (Å²) in [6, 6.07) is 16.4. The van der Waals surface area contributed by atoms with Crippen molar-refractivity contribution in [1.82, 2.24) is 0 Å². The molecule has 0 unspecified atom stereocenters. The largest absolute Gasteiger partial charge is 0.476 e. The third-order valence-corrected chi connectivity index (χ3v) is 4.47. The topological polar surface area (TPSA) is 52.6 Å². The van der Waals surface area contributed by atoms with Gasteiger partial charge in [-0.05, 0) is 43.5 Å². The Morgan fingerprint density at radius 3 is 2.11 bits per heavy atom. The van der Waals surface area contributed by atoms with Gasteiger partial charge in [-0.3, -0.25) is 4.79 Å². The minimum absolute atomic E-state index is 0.0470. The third-order valence-electron chi connectivity index (χ3n) is 4.47. The molecule has 0 spiro atoms. The number of esters is 1. The van der Waals surface area contributed by atoms with Crippen LogP contribution in [0.15, 0.2) is 60.7 Å². The molecule has 0 atom stereocenters. The summed E-state index contributed by atoms with van der Waals surface area (Å²) in [5.41, 5.74) is 0.552. The summed E-state index contributed by atoms with van der Waals surface area (Å²) >= 11 is 0. The molecule has 2 rings (SSSR count). The molecule has 0 N–H and O–H groups in total. The van der Waals surface area contributed by atoms with E-state index in [0.717, 1.165) is 5.56 Å². The second-order valence-electron chi connectivity index (χ2n) is 6.16. The molecule has 4 nitrogen and oxygen atoms in total. The standard InChI is InChI=1S/C23H26O4/c1-4-23(5-2,22(25)26-6-3)27-20-15-12-18(13-16-20)14-17-21(24)19-10-8-7-9-11-19/h7-17H,4-6H2,1-3H3/b17-14+. The molecule has 2 aromatic carbocycles. The molecule has 0 aliphatic carbocycles. The van der Waals surface area contributed by atoms with Gasteiger partial charge in [0.15, 0.2) is 5.78 Å². The van der Waals surface area contributed by atoms with Crippen molar-refractivity contribution in [3.8, 4) is 5.75 Å². The van der Waals surface area contributed by atoms with Crippen LogP contribution in [0.1, 0.15) is 49.5 Å². The Morgan fingerprint density at radius 1 is 0.926 bits per heavy atom. The Kier molecular flexibility index (Phi) is 7.35. The van der Waals surface area contributed by atoms with Gasteiger partial charge >= 0.3 is 5.97 Å². The maximum Gasteiger partial charge on any atom is 0.350 e. The lowest BCUT2D eigenvalue weighted by Crippen LogP contribution is -2.44. The van der Waals surface area contributed by atoms with Crippen molar-refractivity contribution in [1.29, 1.82) is 0 Å². The van der Waals surface area contributed by atoms with E-state index in [1.54, 1.807) is 43.3 Å². The number of allylic oxidation sites excluding steroid dienone is 1. The lowest BCUT2D eigenvalue weighted by atomic mass is 9.97. The van der Waals surface area contributed by atoms with Gasteiger partial charge in [-0.25, -0.2) is 4.79 Å². The molecule has 2 aromatic rings. The first-order valence-corrected chi connectivity index (χ1v) is 9.28. The Bertz CT molecular complexity index is 772. The molecular formula is C23H26O4. The number of rotatable bonds is 9. The van der Waals surface area contributed by atoms with E-state index in [2.05, 4.69) is 0 Å². The highest BCUT2D eigenvalue weighted by atomic mass is 16.6. The summed E-state index contributed by atoms with van der Waals surface area (Å²) in [5, 5.41) is 0. The van der Waals surface area contributed by atoms with Crippen LogP contribution in [0.5, 0.6) is 5.75 Å². The van der Waals surface area contributed by atoms with Gasteiger partial charge in [0.2, 0.25) is 5.60 Å². The Hall–Kier alpha value is -2.88. The molecule has 0 heterocycles. The van der Waals surface area contributed by atoms with Crippen molar-refractivity contribution in [2.24, 2.45) is 0 Å². The molecule has 0 aromatic heterocycles. The molecule has 4 heteroatoms. The van der Waals surface area contributed by atoms with E-state index >= 15 is 0 Å². The normalized spacial score (nSPS) is 11.4. The number of carbonyl (C=O) groups is 2. The number of benzene rings is 2. The molecule has 0 radical (unpaired) electrons. The Balaban J connectivity index is 2.09. The van der Waals surface area contributed by atoms with E-state index in [0.29, 0.717) is 30.8 Å². The summed E-state index contributed by atoms with van der Waals surface area (Å²) in [7, 11) is 0. The highest BCUT2D eigenvalue weighted by Gasteiger charge is 2.39. The zero-order valence-corrected chi connectivity index (χ0v) is 16.1. The van der Waals surface area contributed by atoms with Crippen molar-refractivity contribution in [2.75, 3.05) is 6.61 Å². The lowest BCUT2D eigenvalue weighted by molar-refractivity contribution is -0.162. The van der Waals surface area contributed by atoms with Gasteiger partial charge < -0.3 is 9.47 Å². The fraction of sp³-hybridized carbons (Fsp3) is 0.304. The van der Waals surface area contributed by atoms with Crippen LogP contribution in [0, 0.1) is 0 Å². The minimum Gasteiger partial charge on any atom is -0.476 e. The summed E-state index contributed by atoms with van der Waals surface area (Å²) in [6.45, 7) is 5.93. The quantitative estimate of drug-likeness (QED) is 0.353. The van der Waals surface area contributed by atoms with Crippen LogP contribution >= 0.6 is 0 Å². The van der Waals surface area contributed by atoms with Gasteiger partial charge in [0.25, 0.3) is 0 Å². The minimum atomic E-state index is -0.976. The molecular weight excluding hydrogens is 340 g/mol. The highest BCUT2D eigenvalue weighted by Crippen LogP contribution is 2.26. The smallest absolute Gasteiger partial charge is 0.350 e. The van der Waals surface area contributed by atoms with E-state index < -0.39 is 5.60 Å². The van der Waals surface area contributed by atoms with Crippen molar-refractivity contribution in [3.05, 3.63) is 71.8 Å². The number of ketones is 1. The maximum atomic E-state index is 12.3. The number of hydrogen-bond donors (Lipinski definition) is 0. The van der Waals surface area contributed by atoms with Crippen LogP contribution in [-0.2, 0) is 9.53 Å². The van der Waals surface area contributed by atoms with Crippen LogP contribution in [0.25, 0.3) is 6.08 Å². The van der Waals surface area contributed by atoms with Gasteiger partial charge in [0, 0.05) is 5.56 Å². The average molecular weight is 366 g/mol. The van der Waals surface area contributed by atoms with Crippen molar-refractivity contribution in [3.63, 3.8) is 0 Å². The fourth-order valence-electron chi connectivity index (χ4n) is 2.73. The van der Waals surface area contributed by atoms with Crippen molar-refractivity contribution < 1.29 is 19.1 Å². The molecule has 0 saturated carbocycles. The van der Waals surface area contributed by atoms with Crippen LogP contribution in [0.4, 0.5) is 0 Å². The van der Waals surface area contributed by atoms with Crippen LogP contribution < -0.4 is 4.74 Å². The van der Waals surface area contributed by atoms with E-state index in [4.69, 9.17) is 9.47 Å². The molecule has 0 aliphatic rings. The Labute approximate surface area is 160 Å². The van der Waals surface area contributed by atoms with Crippen LogP contribution in [0.2, 0.25) is 0 Å². The molecule has 0 bridgehead atoms. The van der Waals surface area contributed by atoms with Crippen molar-refractivity contribution in [2.45, 2.75) is 39.2 Å². The first kappa shape index (κ1) is 20.4. The van der Waals surface area contributed by atoms with E-state index in [9.17, 15) is 9.59 Å². The fourth-order valence-corrected chi connectivity index (χ4v) is 2.73. The molecule has 0 fully saturated rings. The van der Waals surface area contributed by atoms with E-state index in [1.807, 2.05) is 44.2 Å². The first-order chi connectivity index (χ1) is 13.0. The highest BCUT2D eigenvalue weighted by molar-refractivity contribution is 6.06. The van der Waals surface area contributed by atoms with Gasteiger partial charge in [0.05, 0.1) is 6.61 Å². The van der Waals surface area contributed by atoms with Gasteiger partial charge in [0.1, 0.15) is 5.75 Å². The first-order valence-electron chi connectivity index (χ1n) is 9.28. The predicted octanol–water partition coefficient (Wildman–Crippen LogP) is 5.08. The predicted molar refractivity (Wildman–Crippen MR) is 107 cm³/mol. The average Bonchev–Trinajstić information content (AvgIpc) is 2.72. The number of hydrogen-bond acceptors (Lipinski definition) is 4. The van der Waals surface area contributed by atoms with Gasteiger partial charge in [-0.1, -0.05) is 62.4 Å². The maximum absolute atomic E-state index is 12.3. The van der Waals surface area contributed by atoms with E-state index in [1.165, 1.54) is 0 Å². The monoisotopic (exact) mass is 366 g/mol. The van der Waals surface area contributed by atoms with E-state index in [-0.39, 0.29) is 11.8 Å². The van der Waals surface area contributed by atoms with Gasteiger partial charge in [-0.2, -0.15) is 0 Å². The summed E-state index contributed by atoms with van der Waals surface area (Å²) in [5.74, 6) is 0.208. The SMILES string of the molecule is CCOC(=O)C(CC)(CC)Oc1ccc(/C=C/C(=O)c2ccccc2)cc1. The number of carbonyl (C=O) groups excluding carboxylic acids is 2. The molecule has 142 valence electrons. The Morgan fingerprint density at radius 2 is 1.56 bits per heavy atom. The molecule has 0 amide bonds. The second kappa shape index (κ2) is 9.72. The van der Waals surface area contributed by atoms with Crippen LogP contribution in [-0.4, -0.2) is 24.0 Å². The number of ether oxygens (including phenoxy) is 2. The lowest BCUT2D eigenvalue weighted by Gasteiger charge is -2.30. The van der Waals surface area contributed by atoms with Crippen LogP contribution in [0.3, 0.4) is 0 Å². The molecule has 0 saturated heterocycles. The summed E-state index contributed by atoms with van der Waals surface area (Å²) in [4.78, 5) is 24.4. The summed E-state index contributed by atoms with van der Waals surface area (Å²) < 4.78 is 11.2. The van der Waals surface area contributed by atoms with Gasteiger partial charge in [-0.15, -0.1) is 0 Å². The molecule has 0 aliphatic heterocycles.